The second kappa shape index (κ2) is 7.86. The van der Waals surface area contributed by atoms with Crippen LogP contribution in [0.15, 0.2) is 66.7 Å². The summed E-state index contributed by atoms with van der Waals surface area (Å²) in [6.07, 6.45) is -1.11. The molecule has 0 spiro atoms. The lowest BCUT2D eigenvalue weighted by atomic mass is 10.00. The van der Waals surface area contributed by atoms with Crippen LogP contribution in [0, 0.1) is 11.6 Å². The first-order chi connectivity index (χ1) is 13.0. The standard InChI is InChI=1S/C21H17F2NO3/c1-26-21(25)16-12-13(24)10-11-19(16)27-20(14-6-2-4-8-17(14)22)15-7-3-5-9-18(15)23/h2-12,20H,24H2,1H3. The van der Waals surface area contributed by atoms with Crippen LogP contribution in [0.5, 0.6) is 5.75 Å². The number of carbonyl (C=O) groups excluding carboxylic acids is 1. The van der Waals surface area contributed by atoms with Crippen molar-refractivity contribution >= 4 is 11.7 Å². The van der Waals surface area contributed by atoms with Crippen molar-refractivity contribution in [2.75, 3.05) is 12.8 Å². The maximum absolute atomic E-state index is 14.4. The van der Waals surface area contributed by atoms with E-state index >= 15 is 0 Å². The molecule has 0 aliphatic heterocycles. The summed E-state index contributed by atoms with van der Waals surface area (Å²) in [4.78, 5) is 12.1. The summed E-state index contributed by atoms with van der Waals surface area (Å²) in [5.74, 6) is -1.67. The van der Waals surface area contributed by atoms with Gasteiger partial charge < -0.3 is 15.2 Å². The molecule has 2 N–H and O–H groups in total. The Kier molecular flexibility index (Phi) is 5.35. The maximum atomic E-state index is 14.4. The van der Waals surface area contributed by atoms with Gasteiger partial charge in [0.15, 0.2) is 6.10 Å². The Morgan fingerprint density at radius 1 is 0.926 bits per heavy atom. The highest BCUT2D eigenvalue weighted by Crippen LogP contribution is 2.34. The van der Waals surface area contributed by atoms with Crippen molar-refractivity contribution in [2.45, 2.75) is 6.10 Å². The van der Waals surface area contributed by atoms with Gasteiger partial charge >= 0.3 is 5.97 Å². The molecule has 0 fully saturated rings. The van der Waals surface area contributed by atoms with Gasteiger partial charge in [0, 0.05) is 16.8 Å². The van der Waals surface area contributed by atoms with Gasteiger partial charge in [0.25, 0.3) is 0 Å². The first-order valence-electron chi connectivity index (χ1n) is 8.14. The number of methoxy groups -OCH3 is 1. The van der Waals surface area contributed by atoms with Crippen LogP contribution in [0.2, 0.25) is 0 Å². The highest BCUT2D eigenvalue weighted by molar-refractivity contribution is 5.93. The molecule has 4 nitrogen and oxygen atoms in total. The zero-order chi connectivity index (χ0) is 19.4. The topological polar surface area (TPSA) is 61.5 Å². The Morgan fingerprint density at radius 2 is 1.48 bits per heavy atom. The largest absolute Gasteiger partial charge is 0.480 e. The van der Waals surface area contributed by atoms with E-state index in [2.05, 4.69) is 0 Å². The van der Waals surface area contributed by atoms with Crippen molar-refractivity contribution in [2.24, 2.45) is 0 Å². The lowest BCUT2D eigenvalue weighted by molar-refractivity contribution is 0.0594. The molecule has 0 saturated heterocycles. The third kappa shape index (κ3) is 3.89. The molecule has 0 aliphatic rings. The molecule has 6 heteroatoms. The number of hydrogen-bond acceptors (Lipinski definition) is 4. The van der Waals surface area contributed by atoms with Crippen molar-refractivity contribution in [1.82, 2.24) is 0 Å². The van der Waals surface area contributed by atoms with Gasteiger partial charge in [-0.05, 0) is 30.3 Å². The number of benzene rings is 3. The Bertz CT molecular complexity index is 930. The fourth-order valence-corrected chi connectivity index (χ4v) is 2.72. The van der Waals surface area contributed by atoms with Crippen LogP contribution in [-0.2, 0) is 4.74 Å². The normalized spacial score (nSPS) is 10.7. The minimum Gasteiger partial charge on any atom is -0.480 e. The maximum Gasteiger partial charge on any atom is 0.341 e. The quantitative estimate of drug-likeness (QED) is 0.531. The van der Waals surface area contributed by atoms with Crippen molar-refractivity contribution in [3.05, 3.63) is 95.1 Å². The van der Waals surface area contributed by atoms with Crippen LogP contribution in [0.1, 0.15) is 27.6 Å². The van der Waals surface area contributed by atoms with E-state index in [1.54, 1.807) is 12.1 Å². The van der Waals surface area contributed by atoms with Crippen LogP contribution in [0.3, 0.4) is 0 Å². The van der Waals surface area contributed by atoms with Gasteiger partial charge in [-0.3, -0.25) is 0 Å². The molecular formula is C21H17F2NO3. The van der Waals surface area contributed by atoms with Gasteiger partial charge in [-0.1, -0.05) is 36.4 Å². The zero-order valence-corrected chi connectivity index (χ0v) is 14.5. The highest BCUT2D eigenvalue weighted by Gasteiger charge is 2.25. The van der Waals surface area contributed by atoms with E-state index in [9.17, 15) is 13.6 Å². The minimum atomic E-state index is -1.11. The van der Waals surface area contributed by atoms with Crippen molar-refractivity contribution in [3.8, 4) is 5.75 Å². The molecule has 0 amide bonds. The predicted molar refractivity (Wildman–Crippen MR) is 97.5 cm³/mol. The van der Waals surface area contributed by atoms with Gasteiger partial charge in [0.1, 0.15) is 22.9 Å². The van der Waals surface area contributed by atoms with Crippen LogP contribution in [0.25, 0.3) is 0 Å². The Hall–Kier alpha value is -3.41. The molecule has 0 radical (unpaired) electrons. The Morgan fingerprint density at radius 3 is 2.00 bits per heavy atom. The third-order valence-electron chi connectivity index (χ3n) is 4.03. The van der Waals surface area contributed by atoms with Gasteiger partial charge in [0.05, 0.1) is 7.11 Å². The smallest absolute Gasteiger partial charge is 0.341 e. The van der Waals surface area contributed by atoms with E-state index in [0.29, 0.717) is 5.69 Å². The molecule has 138 valence electrons. The second-order valence-electron chi connectivity index (χ2n) is 5.79. The molecule has 0 saturated carbocycles. The number of halogens is 2. The summed E-state index contributed by atoms with van der Waals surface area (Å²) in [6, 6.07) is 16.2. The summed E-state index contributed by atoms with van der Waals surface area (Å²) in [6.45, 7) is 0. The molecule has 0 bridgehead atoms. The van der Waals surface area contributed by atoms with Gasteiger partial charge in [-0.15, -0.1) is 0 Å². The van der Waals surface area contributed by atoms with Crippen LogP contribution in [0.4, 0.5) is 14.5 Å². The SMILES string of the molecule is COC(=O)c1cc(N)ccc1OC(c1ccccc1F)c1ccccc1F. The Labute approximate surface area is 155 Å². The molecule has 0 aromatic heterocycles. The van der Waals surface area contributed by atoms with E-state index in [4.69, 9.17) is 15.2 Å². The zero-order valence-electron chi connectivity index (χ0n) is 14.5. The number of esters is 1. The number of rotatable bonds is 5. The lowest BCUT2D eigenvalue weighted by Crippen LogP contribution is -2.15. The van der Waals surface area contributed by atoms with E-state index < -0.39 is 23.7 Å². The van der Waals surface area contributed by atoms with E-state index in [1.807, 2.05) is 0 Å². The van der Waals surface area contributed by atoms with Crippen LogP contribution in [-0.4, -0.2) is 13.1 Å². The van der Waals surface area contributed by atoms with Crippen molar-refractivity contribution < 1.29 is 23.0 Å². The number of anilines is 1. The van der Waals surface area contributed by atoms with E-state index in [1.165, 1.54) is 61.7 Å². The number of nitrogen functional groups attached to an aromatic ring is 1. The third-order valence-corrected chi connectivity index (χ3v) is 4.03. The van der Waals surface area contributed by atoms with Crippen LogP contribution < -0.4 is 10.5 Å². The molecule has 3 rings (SSSR count). The number of ether oxygens (including phenoxy) is 2. The van der Waals surface area contributed by atoms with Gasteiger partial charge in [-0.2, -0.15) is 0 Å². The first kappa shape index (κ1) is 18.4. The van der Waals surface area contributed by atoms with E-state index in [-0.39, 0.29) is 22.4 Å². The number of carbonyl (C=O) groups is 1. The molecule has 0 unspecified atom stereocenters. The fourth-order valence-electron chi connectivity index (χ4n) is 2.72. The summed E-state index contributed by atoms with van der Waals surface area (Å²) >= 11 is 0. The molecule has 27 heavy (non-hydrogen) atoms. The van der Waals surface area contributed by atoms with Crippen molar-refractivity contribution in [1.29, 1.82) is 0 Å². The lowest BCUT2D eigenvalue weighted by Gasteiger charge is -2.22. The molecule has 3 aromatic carbocycles. The molecular weight excluding hydrogens is 352 g/mol. The summed E-state index contributed by atoms with van der Waals surface area (Å²) in [7, 11) is 1.22. The predicted octanol–water partition coefficient (Wildman–Crippen LogP) is 4.50. The fraction of sp³-hybridized carbons (Fsp3) is 0.0952. The molecule has 0 aliphatic carbocycles. The second-order valence-corrected chi connectivity index (χ2v) is 5.79. The number of nitrogens with two attached hydrogens (primary N) is 1. The number of hydrogen-bond donors (Lipinski definition) is 1. The molecule has 0 atom stereocenters. The first-order valence-corrected chi connectivity index (χ1v) is 8.14. The van der Waals surface area contributed by atoms with Crippen molar-refractivity contribution in [3.63, 3.8) is 0 Å². The summed E-state index contributed by atoms with van der Waals surface area (Å²) in [5, 5.41) is 0. The monoisotopic (exact) mass is 369 g/mol. The molecule has 0 heterocycles. The highest BCUT2D eigenvalue weighted by atomic mass is 19.1. The summed E-state index contributed by atoms with van der Waals surface area (Å²) in [5.41, 5.74) is 6.40. The van der Waals surface area contributed by atoms with E-state index in [0.717, 1.165) is 0 Å². The van der Waals surface area contributed by atoms with Gasteiger partial charge in [0.2, 0.25) is 0 Å². The average molecular weight is 369 g/mol. The average Bonchev–Trinajstić information content (AvgIpc) is 2.68. The Balaban J connectivity index is 2.13. The summed E-state index contributed by atoms with van der Waals surface area (Å²) < 4.78 is 39.5. The minimum absolute atomic E-state index is 0.0650. The molecule has 3 aromatic rings. The van der Waals surface area contributed by atoms with Gasteiger partial charge in [-0.25, -0.2) is 13.6 Å². The van der Waals surface area contributed by atoms with Crippen LogP contribution >= 0.6 is 0 Å².